The van der Waals surface area contributed by atoms with Gasteiger partial charge in [-0.25, -0.2) is 4.98 Å². The van der Waals surface area contributed by atoms with Gasteiger partial charge in [0.2, 0.25) is 0 Å². The molecule has 0 bridgehead atoms. The van der Waals surface area contributed by atoms with E-state index in [-0.39, 0.29) is 12.0 Å². The first-order valence-electron chi connectivity index (χ1n) is 8.94. The minimum absolute atomic E-state index is 0.0281. The molecule has 0 saturated carbocycles. The van der Waals surface area contributed by atoms with Crippen LogP contribution in [0.3, 0.4) is 0 Å². The minimum atomic E-state index is -0.153. The maximum absolute atomic E-state index is 13.2. The molecule has 1 atom stereocenters. The van der Waals surface area contributed by atoms with E-state index in [0.717, 1.165) is 41.1 Å². The van der Waals surface area contributed by atoms with Crippen LogP contribution in [0.5, 0.6) is 5.75 Å². The highest BCUT2D eigenvalue weighted by molar-refractivity contribution is 7.22. The Labute approximate surface area is 161 Å². The van der Waals surface area contributed by atoms with Gasteiger partial charge in [0.15, 0.2) is 10.8 Å². The number of anilines is 1. The quantitative estimate of drug-likeness (QED) is 0.674. The molecule has 3 aromatic rings. The van der Waals surface area contributed by atoms with Gasteiger partial charge in [-0.1, -0.05) is 11.3 Å². The molecule has 8 heteroatoms. The van der Waals surface area contributed by atoms with E-state index in [1.807, 2.05) is 32.2 Å². The average Bonchev–Trinajstić information content (AvgIpc) is 3.39. The molecule has 7 nitrogen and oxygen atoms in total. The summed E-state index contributed by atoms with van der Waals surface area (Å²) < 4.78 is 13.8. The van der Waals surface area contributed by atoms with Crippen molar-refractivity contribution in [1.29, 1.82) is 0 Å². The number of hydrogen-bond donors (Lipinski definition) is 0. The third-order valence-electron chi connectivity index (χ3n) is 4.80. The number of carbonyl (C=O) groups excluding carboxylic acids is 1. The van der Waals surface area contributed by atoms with Crippen LogP contribution in [-0.4, -0.2) is 47.0 Å². The van der Waals surface area contributed by atoms with E-state index < -0.39 is 0 Å². The highest BCUT2D eigenvalue weighted by Crippen LogP contribution is 2.32. The van der Waals surface area contributed by atoms with Crippen LogP contribution in [0.15, 0.2) is 24.3 Å². The number of fused-ring (bicyclic) bond motifs is 1. The van der Waals surface area contributed by atoms with Gasteiger partial charge in [-0.05, 0) is 38.0 Å². The molecule has 142 valence electrons. The fraction of sp³-hybridized carbons (Fsp3) is 0.421. The molecule has 0 radical (unpaired) electrons. The van der Waals surface area contributed by atoms with Crippen LogP contribution in [-0.2, 0) is 11.8 Å². The lowest BCUT2D eigenvalue weighted by Crippen LogP contribution is -2.37. The number of benzene rings is 1. The van der Waals surface area contributed by atoms with Gasteiger partial charge in [-0.3, -0.25) is 14.4 Å². The van der Waals surface area contributed by atoms with E-state index in [4.69, 9.17) is 14.5 Å². The van der Waals surface area contributed by atoms with Crippen molar-refractivity contribution < 1.29 is 14.3 Å². The Hall–Kier alpha value is -2.45. The topological polar surface area (TPSA) is 69.5 Å². The van der Waals surface area contributed by atoms with Gasteiger partial charge in [0.05, 0.1) is 30.0 Å². The van der Waals surface area contributed by atoms with Crippen molar-refractivity contribution >= 4 is 32.6 Å². The Bertz CT molecular complexity index is 955. The molecule has 0 spiro atoms. The number of ether oxygens (including phenoxy) is 2. The predicted molar refractivity (Wildman–Crippen MR) is 105 cm³/mol. The third-order valence-corrected chi connectivity index (χ3v) is 5.86. The largest absolute Gasteiger partial charge is 0.497 e. The van der Waals surface area contributed by atoms with E-state index in [1.165, 1.54) is 11.3 Å². The Morgan fingerprint density at radius 3 is 2.96 bits per heavy atom. The summed E-state index contributed by atoms with van der Waals surface area (Å²) in [7, 11) is 3.46. The highest BCUT2D eigenvalue weighted by atomic mass is 32.1. The van der Waals surface area contributed by atoms with Crippen LogP contribution in [0.1, 0.15) is 29.0 Å². The Morgan fingerprint density at radius 1 is 1.44 bits per heavy atom. The smallest absolute Gasteiger partial charge is 0.280 e. The molecular formula is C19H22N4O3S. The van der Waals surface area contributed by atoms with E-state index in [1.54, 1.807) is 22.8 Å². The van der Waals surface area contributed by atoms with Crippen molar-refractivity contribution in [3.05, 3.63) is 35.7 Å². The van der Waals surface area contributed by atoms with Crippen LogP contribution in [0.25, 0.3) is 10.2 Å². The summed E-state index contributed by atoms with van der Waals surface area (Å²) in [5.41, 5.74) is 2.17. The number of nitrogens with zero attached hydrogens (tertiary/aromatic N) is 4. The second kappa shape index (κ2) is 7.28. The summed E-state index contributed by atoms with van der Waals surface area (Å²) >= 11 is 1.49. The zero-order valence-electron chi connectivity index (χ0n) is 15.6. The number of carbonyl (C=O) groups is 1. The average molecular weight is 386 g/mol. The lowest BCUT2D eigenvalue weighted by Gasteiger charge is -2.22. The molecule has 1 fully saturated rings. The third kappa shape index (κ3) is 3.54. The SMILES string of the molecule is COc1ccc2sc(N(CC3CCCO3)C(=O)c3cc(C)n(C)n3)nc2c1. The molecule has 1 unspecified atom stereocenters. The summed E-state index contributed by atoms with van der Waals surface area (Å²) in [4.78, 5) is 19.6. The number of thiazole rings is 1. The van der Waals surface area contributed by atoms with E-state index in [9.17, 15) is 4.79 Å². The zero-order chi connectivity index (χ0) is 19.0. The Morgan fingerprint density at radius 2 is 2.30 bits per heavy atom. The monoisotopic (exact) mass is 386 g/mol. The van der Waals surface area contributed by atoms with Crippen molar-refractivity contribution in [3.63, 3.8) is 0 Å². The van der Waals surface area contributed by atoms with Crippen molar-refractivity contribution in [2.24, 2.45) is 7.05 Å². The van der Waals surface area contributed by atoms with Crippen LogP contribution >= 0.6 is 11.3 Å². The van der Waals surface area contributed by atoms with Crippen LogP contribution in [0.2, 0.25) is 0 Å². The fourth-order valence-electron chi connectivity index (χ4n) is 3.18. The summed E-state index contributed by atoms with van der Waals surface area (Å²) in [6.45, 7) is 3.15. The van der Waals surface area contributed by atoms with Crippen LogP contribution < -0.4 is 9.64 Å². The summed E-state index contributed by atoms with van der Waals surface area (Å²) in [6.07, 6.45) is 2.00. The van der Waals surface area contributed by atoms with Gasteiger partial charge in [0, 0.05) is 25.4 Å². The number of hydrogen-bond acceptors (Lipinski definition) is 6. The first-order chi connectivity index (χ1) is 13.0. The molecule has 1 aliphatic heterocycles. The van der Waals surface area contributed by atoms with Crippen molar-refractivity contribution in [3.8, 4) is 5.75 Å². The molecule has 0 N–H and O–H groups in total. The number of methoxy groups -OCH3 is 1. The summed E-state index contributed by atoms with van der Waals surface area (Å²) in [5, 5.41) is 5.01. The summed E-state index contributed by atoms with van der Waals surface area (Å²) in [6, 6.07) is 7.56. The van der Waals surface area contributed by atoms with Crippen molar-refractivity contribution in [1.82, 2.24) is 14.8 Å². The molecule has 1 aromatic carbocycles. The maximum atomic E-state index is 13.2. The van der Waals surface area contributed by atoms with Crippen LogP contribution in [0.4, 0.5) is 5.13 Å². The second-order valence-corrected chi connectivity index (χ2v) is 7.68. The van der Waals surface area contributed by atoms with Crippen molar-refractivity contribution in [2.45, 2.75) is 25.9 Å². The van der Waals surface area contributed by atoms with Gasteiger partial charge in [-0.2, -0.15) is 5.10 Å². The zero-order valence-corrected chi connectivity index (χ0v) is 16.5. The Balaban J connectivity index is 1.71. The molecule has 3 heterocycles. The van der Waals surface area contributed by atoms with Gasteiger partial charge >= 0.3 is 0 Å². The second-order valence-electron chi connectivity index (χ2n) is 6.68. The first-order valence-corrected chi connectivity index (χ1v) is 9.75. The molecule has 2 aromatic heterocycles. The number of rotatable bonds is 5. The fourth-order valence-corrected chi connectivity index (χ4v) is 4.13. The molecule has 0 aliphatic carbocycles. The minimum Gasteiger partial charge on any atom is -0.497 e. The molecule has 4 rings (SSSR count). The normalized spacial score (nSPS) is 16.8. The molecule has 27 heavy (non-hydrogen) atoms. The number of aryl methyl sites for hydroxylation is 2. The Kier molecular flexibility index (Phi) is 4.84. The van der Waals surface area contributed by atoms with Gasteiger partial charge in [-0.15, -0.1) is 0 Å². The van der Waals surface area contributed by atoms with E-state index >= 15 is 0 Å². The van der Waals surface area contributed by atoms with Crippen LogP contribution in [0, 0.1) is 6.92 Å². The van der Waals surface area contributed by atoms with Crippen molar-refractivity contribution in [2.75, 3.05) is 25.2 Å². The van der Waals surface area contributed by atoms with E-state index in [2.05, 4.69) is 5.10 Å². The highest BCUT2D eigenvalue weighted by Gasteiger charge is 2.28. The molecule has 1 saturated heterocycles. The predicted octanol–water partition coefficient (Wildman–Crippen LogP) is 3.17. The standard InChI is InChI=1S/C19H22N4O3S/c1-12-9-16(21-22(12)2)18(24)23(11-14-5-4-8-26-14)19-20-15-10-13(25-3)6-7-17(15)27-19/h6-7,9-10,14H,4-5,8,11H2,1-3H3. The molecular weight excluding hydrogens is 364 g/mol. The lowest BCUT2D eigenvalue weighted by molar-refractivity contribution is 0.0913. The van der Waals surface area contributed by atoms with E-state index in [0.29, 0.717) is 17.4 Å². The summed E-state index contributed by atoms with van der Waals surface area (Å²) in [5.74, 6) is 0.594. The lowest BCUT2D eigenvalue weighted by atomic mass is 10.2. The van der Waals surface area contributed by atoms with Gasteiger partial charge < -0.3 is 9.47 Å². The van der Waals surface area contributed by atoms with Gasteiger partial charge in [0.25, 0.3) is 5.91 Å². The molecule has 1 aliphatic rings. The first kappa shape index (κ1) is 17.9. The maximum Gasteiger partial charge on any atom is 0.280 e. The van der Waals surface area contributed by atoms with Gasteiger partial charge in [0.1, 0.15) is 5.75 Å². The number of aromatic nitrogens is 3. The molecule has 1 amide bonds. The number of amides is 1.